The van der Waals surface area contributed by atoms with Gasteiger partial charge < -0.3 is 5.32 Å². The number of aromatic nitrogens is 3. The molecule has 1 aromatic heterocycles. The second-order valence-electron chi connectivity index (χ2n) is 5.10. The Morgan fingerprint density at radius 3 is 2.48 bits per heavy atom. The maximum Gasteiger partial charge on any atom is 0.416 e. The molecule has 0 aliphatic rings. The third-order valence-corrected chi connectivity index (χ3v) is 3.35. The molecule has 0 atom stereocenters. The maximum absolute atomic E-state index is 12.8. The standard InChI is InChI=1S/C16H11F3N4O2/c17-16(18,19)11-2-1-3-13(8-11)23-15(25)21-14(22-23)20-12-6-4-10(9-24)5-7-12/h1-9H,(H2,20,21,22,25). The Labute approximate surface area is 138 Å². The molecule has 6 nitrogen and oxygen atoms in total. The number of carbonyl (C=O) groups is 1. The molecule has 25 heavy (non-hydrogen) atoms. The third kappa shape index (κ3) is 3.60. The summed E-state index contributed by atoms with van der Waals surface area (Å²) in [6.45, 7) is 0. The van der Waals surface area contributed by atoms with Gasteiger partial charge in [-0.2, -0.15) is 17.9 Å². The fraction of sp³-hybridized carbons (Fsp3) is 0.0625. The van der Waals surface area contributed by atoms with Crippen molar-refractivity contribution in [1.82, 2.24) is 14.8 Å². The molecule has 0 fully saturated rings. The van der Waals surface area contributed by atoms with Crippen LogP contribution in [-0.4, -0.2) is 21.1 Å². The maximum atomic E-state index is 12.8. The molecule has 2 aromatic carbocycles. The van der Waals surface area contributed by atoms with Gasteiger partial charge in [-0.1, -0.05) is 6.07 Å². The highest BCUT2D eigenvalue weighted by Gasteiger charge is 2.30. The Bertz CT molecular complexity index is 959. The molecule has 0 aliphatic heterocycles. The Morgan fingerprint density at radius 2 is 1.84 bits per heavy atom. The SMILES string of the molecule is O=Cc1ccc(Nc2nn(-c3cccc(C(F)(F)F)c3)c(=O)[nH]2)cc1. The Balaban J connectivity index is 1.90. The number of H-pyrrole nitrogens is 1. The number of alkyl halides is 3. The van der Waals surface area contributed by atoms with Crippen LogP contribution < -0.4 is 11.0 Å². The van der Waals surface area contributed by atoms with Crippen molar-refractivity contribution < 1.29 is 18.0 Å². The average molecular weight is 348 g/mol. The van der Waals surface area contributed by atoms with Crippen molar-refractivity contribution in [2.75, 3.05) is 5.32 Å². The number of rotatable bonds is 4. The number of nitrogens with one attached hydrogen (secondary N) is 2. The van der Waals surface area contributed by atoms with Gasteiger partial charge in [0.1, 0.15) is 6.29 Å². The number of hydrogen-bond donors (Lipinski definition) is 2. The summed E-state index contributed by atoms with van der Waals surface area (Å²) in [5.41, 5.74) is -0.547. The minimum absolute atomic E-state index is 0.0135. The summed E-state index contributed by atoms with van der Waals surface area (Å²) in [6, 6.07) is 10.6. The summed E-state index contributed by atoms with van der Waals surface area (Å²) < 4.78 is 39.2. The van der Waals surface area contributed by atoms with Crippen LogP contribution >= 0.6 is 0 Å². The molecule has 0 spiro atoms. The lowest BCUT2D eigenvalue weighted by atomic mass is 10.2. The van der Waals surface area contributed by atoms with E-state index in [0.717, 1.165) is 16.8 Å². The second kappa shape index (κ2) is 6.27. The molecule has 3 aromatic rings. The first kappa shape index (κ1) is 16.5. The van der Waals surface area contributed by atoms with E-state index in [0.29, 0.717) is 17.5 Å². The minimum Gasteiger partial charge on any atom is -0.324 e. The molecule has 0 bridgehead atoms. The van der Waals surface area contributed by atoms with E-state index in [1.807, 2.05) is 0 Å². The van der Waals surface area contributed by atoms with Crippen molar-refractivity contribution in [3.8, 4) is 5.69 Å². The summed E-state index contributed by atoms with van der Waals surface area (Å²) in [6.07, 6.45) is -3.83. The monoisotopic (exact) mass is 348 g/mol. The first-order valence-electron chi connectivity index (χ1n) is 7.06. The fourth-order valence-corrected chi connectivity index (χ4v) is 2.15. The molecule has 0 saturated carbocycles. The van der Waals surface area contributed by atoms with Gasteiger partial charge in [-0.15, -0.1) is 5.10 Å². The smallest absolute Gasteiger partial charge is 0.324 e. The molecule has 2 N–H and O–H groups in total. The fourth-order valence-electron chi connectivity index (χ4n) is 2.15. The van der Waals surface area contributed by atoms with Crippen molar-refractivity contribution in [2.24, 2.45) is 0 Å². The lowest BCUT2D eigenvalue weighted by molar-refractivity contribution is -0.137. The van der Waals surface area contributed by atoms with Crippen LogP contribution in [0.2, 0.25) is 0 Å². The third-order valence-electron chi connectivity index (χ3n) is 3.35. The van der Waals surface area contributed by atoms with Crippen LogP contribution in [0.5, 0.6) is 0 Å². The van der Waals surface area contributed by atoms with Crippen LogP contribution in [0, 0.1) is 0 Å². The first-order valence-corrected chi connectivity index (χ1v) is 7.06. The number of anilines is 2. The van der Waals surface area contributed by atoms with E-state index in [-0.39, 0.29) is 11.6 Å². The highest BCUT2D eigenvalue weighted by atomic mass is 19.4. The predicted molar refractivity (Wildman–Crippen MR) is 84.3 cm³/mol. The van der Waals surface area contributed by atoms with Crippen LogP contribution in [0.3, 0.4) is 0 Å². The van der Waals surface area contributed by atoms with Gasteiger partial charge in [-0.25, -0.2) is 4.79 Å². The van der Waals surface area contributed by atoms with Crippen LogP contribution in [-0.2, 0) is 6.18 Å². The molecular formula is C16H11F3N4O2. The van der Waals surface area contributed by atoms with Crippen molar-refractivity contribution >= 4 is 17.9 Å². The lowest BCUT2D eigenvalue weighted by Gasteiger charge is -2.07. The zero-order valence-corrected chi connectivity index (χ0v) is 12.5. The van der Waals surface area contributed by atoms with Gasteiger partial charge in [0.05, 0.1) is 11.3 Å². The van der Waals surface area contributed by atoms with Crippen LogP contribution in [0.15, 0.2) is 53.3 Å². The molecule has 0 unspecified atom stereocenters. The van der Waals surface area contributed by atoms with E-state index in [2.05, 4.69) is 15.4 Å². The molecule has 1 heterocycles. The highest BCUT2D eigenvalue weighted by molar-refractivity contribution is 5.75. The number of benzene rings is 2. The summed E-state index contributed by atoms with van der Waals surface area (Å²) in [7, 11) is 0. The summed E-state index contributed by atoms with van der Waals surface area (Å²) in [5, 5.41) is 6.75. The van der Waals surface area contributed by atoms with Crippen molar-refractivity contribution in [3.05, 3.63) is 70.1 Å². The molecule has 3 rings (SSSR count). The Hall–Kier alpha value is -3.36. The van der Waals surface area contributed by atoms with Crippen molar-refractivity contribution in [3.63, 3.8) is 0 Å². The van der Waals surface area contributed by atoms with Crippen molar-refractivity contribution in [2.45, 2.75) is 6.18 Å². The van der Waals surface area contributed by atoms with E-state index >= 15 is 0 Å². The zero-order chi connectivity index (χ0) is 18.0. The summed E-state index contributed by atoms with van der Waals surface area (Å²) >= 11 is 0. The van der Waals surface area contributed by atoms with Gasteiger partial charge in [0.15, 0.2) is 0 Å². The van der Waals surface area contributed by atoms with Crippen LogP contribution in [0.1, 0.15) is 15.9 Å². The van der Waals surface area contributed by atoms with E-state index in [9.17, 15) is 22.8 Å². The Morgan fingerprint density at radius 1 is 1.12 bits per heavy atom. The largest absolute Gasteiger partial charge is 0.416 e. The van der Waals surface area contributed by atoms with Gasteiger partial charge in [0.2, 0.25) is 5.95 Å². The molecule has 0 aliphatic carbocycles. The number of carbonyl (C=O) groups excluding carboxylic acids is 1. The first-order chi connectivity index (χ1) is 11.9. The summed E-state index contributed by atoms with van der Waals surface area (Å²) in [5.74, 6) is 0.0567. The lowest BCUT2D eigenvalue weighted by Crippen LogP contribution is -2.16. The van der Waals surface area contributed by atoms with E-state index in [4.69, 9.17) is 0 Å². The van der Waals surface area contributed by atoms with Crippen LogP contribution in [0.25, 0.3) is 5.69 Å². The van der Waals surface area contributed by atoms with E-state index in [1.165, 1.54) is 12.1 Å². The molecule has 0 saturated heterocycles. The Kier molecular flexibility index (Phi) is 4.14. The zero-order valence-electron chi connectivity index (χ0n) is 12.5. The highest BCUT2D eigenvalue weighted by Crippen LogP contribution is 2.30. The molecule has 9 heteroatoms. The normalized spacial score (nSPS) is 11.3. The van der Waals surface area contributed by atoms with Gasteiger partial charge in [0.25, 0.3) is 0 Å². The second-order valence-corrected chi connectivity index (χ2v) is 5.10. The molecule has 128 valence electrons. The number of aromatic amines is 1. The number of hydrogen-bond acceptors (Lipinski definition) is 4. The number of halogens is 3. The minimum atomic E-state index is -4.52. The van der Waals surface area contributed by atoms with Gasteiger partial charge in [-0.05, 0) is 42.5 Å². The van der Waals surface area contributed by atoms with E-state index < -0.39 is 17.4 Å². The topological polar surface area (TPSA) is 79.8 Å². The number of nitrogens with zero attached hydrogens (tertiary/aromatic N) is 2. The van der Waals surface area contributed by atoms with E-state index in [1.54, 1.807) is 24.3 Å². The molecular weight excluding hydrogens is 337 g/mol. The van der Waals surface area contributed by atoms with Crippen LogP contribution in [0.4, 0.5) is 24.8 Å². The van der Waals surface area contributed by atoms with Gasteiger partial charge in [-0.3, -0.25) is 9.78 Å². The quantitative estimate of drug-likeness (QED) is 0.710. The van der Waals surface area contributed by atoms with Gasteiger partial charge >= 0.3 is 11.9 Å². The number of aldehydes is 1. The summed E-state index contributed by atoms with van der Waals surface area (Å²) in [4.78, 5) is 25.0. The van der Waals surface area contributed by atoms with Crippen molar-refractivity contribution in [1.29, 1.82) is 0 Å². The predicted octanol–water partition coefficient (Wildman–Crippen LogP) is 3.14. The molecule has 0 amide bonds. The molecule has 0 radical (unpaired) electrons. The van der Waals surface area contributed by atoms with Gasteiger partial charge in [0, 0.05) is 11.3 Å². The average Bonchev–Trinajstić information content (AvgIpc) is 2.95.